The number of carbonyl (C=O) groups is 1. The summed E-state index contributed by atoms with van der Waals surface area (Å²) in [6.07, 6.45) is 0. The first-order chi connectivity index (χ1) is 8.38. The van der Waals surface area contributed by atoms with E-state index in [2.05, 4.69) is 0 Å². The third kappa shape index (κ3) is 2.29. The molecular weight excluding hydrogens is 250 g/mol. The van der Waals surface area contributed by atoms with Gasteiger partial charge >= 0.3 is 11.9 Å². The minimum atomic E-state index is -4.12. The molecule has 0 saturated carbocycles. The molecule has 1 N–H and O–H groups in total. The number of ether oxygens (including phenoxy) is 3. The van der Waals surface area contributed by atoms with Gasteiger partial charge in [0.05, 0.1) is 21.3 Å². The molecule has 1 rings (SSSR count). The standard InChI is InChI=1S/C11H12F2O5/c1-16-6-4-7(17-2)9(8(5-6)18-3)11(12,13)10(14)15/h4-5H,1-3H3,(H,14,15). The monoisotopic (exact) mass is 262 g/mol. The van der Waals surface area contributed by atoms with Crippen molar-refractivity contribution < 1.29 is 32.9 Å². The van der Waals surface area contributed by atoms with Gasteiger partial charge in [0.1, 0.15) is 22.8 Å². The summed E-state index contributed by atoms with van der Waals surface area (Å²) in [5, 5.41) is 8.57. The Morgan fingerprint density at radius 3 is 1.83 bits per heavy atom. The Bertz CT molecular complexity index is 434. The third-order valence-electron chi connectivity index (χ3n) is 2.30. The number of carboxylic acids is 1. The van der Waals surface area contributed by atoms with Gasteiger partial charge in [0.2, 0.25) is 0 Å². The summed E-state index contributed by atoms with van der Waals surface area (Å²) >= 11 is 0. The summed E-state index contributed by atoms with van der Waals surface area (Å²) in [4.78, 5) is 10.6. The molecular formula is C11H12F2O5. The lowest BCUT2D eigenvalue weighted by Crippen LogP contribution is -2.26. The molecule has 0 radical (unpaired) electrons. The molecule has 0 atom stereocenters. The molecule has 0 spiro atoms. The highest BCUT2D eigenvalue weighted by Crippen LogP contribution is 2.44. The van der Waals surface area contributed by atoms with E-state index >= 15 is 0 Å². The van der Waals surface area contributed by atoms with Crippen molar-refractivity contribution >= 4 is 5.97 Å². The second kappa shape index (κ2) is 5.07. The molecule has 0 heterocycles. The lowest BCUT2D eigenvalue weighted by Gasteiger charge is -2.19. The Hall–Kier alpha value is -2.05. The van der Waals surface area contributed by atoms with Gasteiger partial charge in [-0.3, -0.25) is 0 Å². The predicted octanol–water partition coefficient (Wildman–Crippen LogP) is 1.89. The molecule has 7 heteroatoms. The molecule has 0 aliphatic heterocycles. The molecule has 0 bridgehead atoms. The van der Waals surface area contributed by atoms with Gasteiger partial charge < -0.3 is 19.3 Å². The molecule has 0 aliphatic carbocycles. The van der Waals surface area contributed by atoms with Crippen molar-refractivity contribution in [2.75, 3.05) is 21.3 Å². The van der Waals surface area contributed by atoms with Crippen molar-refractivity contribution in [1.82, 2.24) is 0 Å². The zero-order chi connectivity index (χ0) is 13.9. The van der Waals surface area contributed by atoms with Crippen LogP contribution in [0.15, 0.2) is 12.1 Å². The normalized spacial score (nSPS) is 10.9. The van der Waals surface area contributed by atoms with Crippen LogP contribution in [-0.4, -0.2) is 32.4 Å². The highest BCUT2D eigenvalue weighted by atomic mass is 19.3. The highest BCUT2D eigenvalue weighted by Gasteiger charge is 2.46. The highest BCUT2D eigenvalue weighted by molar-refractivity contribution is 5.80. The molecule has 5 nitrogen and oxygen atoms in total. The Morgan fingerprint density at radius 2 is 1.56 bits per heavy atom. The Morgan fingerprint density at radius 1 is 1.11 bits per heavy atom. The number of methoxy groups -OCH3 is 3. The van der Waals surface area contributed by atoms with E-state index in [0.717, 1.165) is 26.4 Å². The van der Waals surface area contributed by atoms with Crippen LogP contribution in [0.2, 0.25) is 0 Å². The number of hydrogen-bond donors (Lipinski definition) is 1. The second-order valence-electron chi connectivity index (χ2n) is 3.29. The van der Waals surface area contributed by atoms with E-state index in [1.54, 1.807) is 0 Å². The van der Waals surface area contributed by atoms with E-state index in [1.807, 2.05) is 0 Å². The average Bonchev–Trinajstić information content (AvgIpc) is 2.36. The average molecular weight is 262 g/mol. The zero-order valence-electron chi connectivity index (χ0n) is 9.99. The lowest BCUT2D eigenvalue weighted by molar-refractivity contribution is -0.166. The topological polar surface area (TPSA) is 65.0 Å². The number of benzene rings is 1. The largest absolute Gasteiger partial charge is 0.496 e. The Balaban J connectivity index is 3.54. The molecule has 18 heavy (non-hydrogen) atoms. The van der Waals surface area contributed by atoms with Crippen molar-refractivity contribution in [1.29, 1.82) is 0 Å². The van der Waals surface area contributed by atoms with E-state index in [9.17, 15) is 13.6 Å². The summed E-state index contributed by atoms with van der Waals surface area (Å²) in [5.74, 6) is -6.83. The summed E-state index contributed by atoms with van der Waals surface area (Å²) in [5.41, 5.74) is -0.846. The van der Waals surface area contributed by atoms with Gasteiger partial charge in [0.15, 0.2) is 0 Å². The van der Waals surface area contributed by atoms with Crippen molar-refractivity contribution in [2.45, 2.75) is 5.92 Å². The van der Waals surface area contributed by atoms with Gasteiger partial charge in [0.25, 0.3) is 0 Å². The van der Waals surface area contributed by atoms with E-state index in [0.29, 0.717) is 0 Å². The number of hydrogen-bond acceptors (Lipinski definition) is 4. The maximum absolute atomic E-state index is 13.6. The summed E-state index contributed by atoms with van der Waals surface area (Å²) in [7, 11) is 3.63. The van der Waals surface area contributed by atoms with E-state index in [-0.39, 0.29) is 17.2 Å². The first kappa shape index (κ1) is 14.0. The molecule has 100 valence electrons. The zero-order valence-corrected chi connectivity index (χ0v) is 9.99. The molecule has 1 aromatic carbocycles. The van der Waals surface area contributed by atoms with Crippen LogP contribution in [-0.2, 0) is 10.7 Å². The first-order valence-electron chi connectivity index (χ1n) is 4.80. The van der Waals surface area contributed by atoms with Crippen LogP contribution in [0.25, 0.3) is 0 Å². The van der Waals surface area contributed by atoms with Crippen LogP contribution in [0.1, 0.15) is 5.56 Å². The van der Waals surface area contributed by atoms with Gasteiger partial charge in [-0.15, -0.1) is 0 Å². The Labute approximate surface area is 102 Å². The number of carboxylic acid groups (broad SMARTS) is 1. The van der Waals surface area contributed by atoms with Crippen LogP contribution in [0.3, 0.4) is 0 Å². The lowest BCUT2D eigenvalue weighted by atomic mass is 10.1. The molecule has 0 amide bonds. The van der Waals surface area contributed by atoms with E-state index in [4.69, 9.17) is 19.3 Å². The van der Waals surface area contributed by atoms with Crippen molar-refractivity contribution in [3.05, 3.63) is 17.7 Å². The van der Waals surface area contributed by atoms with Crippen LogP contribution < -0.4 is 14.2 Å². The third-order valence-corrected chi connectivity index (χ3v) is 2.30. The van der Waals surface area contributed by atoms with Gasteiger partial charge in [-0.05, 0) is 0 Å². The van der Waals surface area contributed by atoms with Crippen molar-refractivity contribution in [2.24, 2.45) is 0 Å². The predicted molar refractivity (Wildman–Crippen MR) is 57.6 cm³/mol. The van der Waals surface area contributed by atoms with E-state index in [1.165, 1.54) is 7.11 Å². The number of alkyl halides is 2. The fourth-order valence-corrected chi connectivity index (χ4v) is 1.42. The molecule has 0 unspecified atom stereocenters. The van der Waals surface area contributed by atoms with Crippen LogP contribution in [0.5, 0.6) is 17.2 Å². The molecule has 0 aliphatic rings. The second-order valence-corrected chi connectivity index (χ2v) is 3.29. The van der Waals surface area contributed by atoms with Crippen LogP contribution in [0.4, 0.5) is 8.78 Å². The van der Waals surface area contributed by atoms with Crippen LogP contribution >= 0.6 is 0 Å². The number of aliphatic carboxylic acids is 1. The smallest absolute Gasteiger partial charge is 0.379 e. The fraction of sp³-hybridized carbons (Fsp3) is 0.364. The van der Waals surface area contributed by atoms with Crippen molar-refractivity contribution in [3.8, 4) is 17.2 Å². The minimum absolute atomic E-state index is 0.216. The fourth-order valence-electron chi connectivity index (χ4n) is 1.42. The Kier molecular flexibility index (Phi) is 3.95. The minimum Gasteiger partial charge on any atom is -0.496 e. The summed E-state index contributed by atoms with van der Waals surface area (Å²) in [6, 6.07) is 2.32. The van der Waals surface area contributed by atoms with Crippen molar-refractivity contribution in [3.63, 3.8) is 0 Å². The quantitative estimate of drug-likeness (QED) is 0.877. The number of halogens is 2. The molecule has 0 fully saturated rings. The van der Waals surface area contributed by atoms with Gasteiger partial charge in [-0.1, -0.05) is 0 Å². The maximum atomic E-state index is 13.6. The van der Waals surface area contributed by atoms with Crippen LogP contribution in [0, 0.1) is 0 Å². The first-order valence-corrected chi connectivity index (χ1v) is 4.80. The molecule has 0 aromatic heterocycles. The summed E-state index contributed by atoms with van der Waals surface area (Å²) in [6.45, 7) is 0. The van der Waals surface area contributed by atoms with Gasteiger partial charge in [0, 0.05) is 12.1 Å². The van der Waals surface area contributed by atoms with Gasteiger partial charge in [-0.2, -0.15) is 8.78 Å². The molecule has 0 saturated heterocycles. The SMILES string of the molecule is COc1cc(OC)c(C(F)(F)C(=O)O)c(OC)c1. The molecule has 1 aromatic rings. The number of rotatable bonds is 5. The summed E-state index contributed by atoms with van der Waals surface area (Å²) < 4.78 is 41.6. The van der Waals surface area contributed by atoms with E-state index < -0.39 is 17.5 Å². The maximum Gasteiger partial charge on any atom is 0.379 e. The van der Waals surface area contributed by atoms with Gasteiger partial charge in [-0.25, -0.2) is 4.79 Å².